The Labute approximate surface area is 107 Å². The highest BCUT2D eigenvalue weighted by atomic mass is 16.5. The van der Waals surface area contributed by atoms with E-state index in [4.69, 9.17) is 10.5 Å². The molecule has 18 heavy (non-hydrogen) atoms. The van der Waals surface area contributed by atoms with E-state index in [0.717, 1.165) is 24.4 Å². The molecule has 0 aliphatic heterocycles. The van der Waals surface area contributed by atoms with Crippen molar-refractivity contribution in [3.63, 3.8) is 0 Å². The summed E-state index contributed by atoms with van der Waals surface area (Å²) in [5.41, 5.74) is 8.16. The standard InChI is InChI=1S/C14H19N3O/c1-11(15)13-9-16-10-17(13)8-7-12-5-3-4-6-14(12)18-2/h3-6,9-11H,7-8,15H2,1-2H3/t11-/m0/s1. The van der Waals surface area contributed by atoms with Crippen molar-refractivity contribution in [2.24, 2.45) is 5.73 Å². The molecule has 0 aliphatic carbocycles. The summed E-state index contributed by atoms with van der Waals surface area (Å²) >= 11 is 0. The fourth-order valence-corrected chi connectivity index (χ4v) is 2.05. The molecule has 2 N–H and O–H groups in total. The van der Waals surface area contributed by atoms with Gasteiger partial charge in [0, 0.05) is 18.8 Å². The number of ether oxygens (including phenoxy) is 1. The predicted octanol–water partition coefficient (Wildman–Crippen LogP) is 2.15. The molecule has 1 aromatic carbocycles. The Kier molecular flexibility index (Phi) is 3.99. The van der Waals surface area contributed by atoms with Gasteiger partial charge in [0.05, 0.1) is 19.1 Å². The number of benzene rings is 1. The number of aromatic nitrogens is 2. The first-order chi connectivity index (χ1) is 8.72. The van der Waals surface area contributed by atoms with Gasteiger partial charge < -0.3 is 15.0 Å². The Morgan fingerprint density at radius 2 is 2.17 bits per heavy atom. The Balaban J connectivity index is 2.09. The van der Waals surface area contributed by atoms with Crippen molar-refractivity contribution < 1.29 is 4.74 Å². The fraction of sp³-hybridized carbons (Fsp3) is 0.357. The molecule has 0 radical (unpaired) electrons. The maximum atomic E-state index is 5.90. The van der Waals surface area contributed by atoms with E-state index in [-0.39, 0.29) is 6.04 Å². The summed E-state index contributed by atoms with van der Waals surface area (Å²) in [7, 11) is 1.70. The van der Waals surface area contributed by atoms with Crippen LogP contribution in [0.5, 0.6) is 5.75 Å². The third-order valence-electron chi connectivity index (χ3n) is 3.03. The van der Waals surface area contributed by atoms with Crippen molar-refractivity contribution in [1.82, 2.24) is 9.55 Å². The minimum atomic E-state index is 0.00479. The minimum absolute atomic E-state index is 0.00479. The third kappa shape index (κ3) is 2.71. The summed E-state index contributed by atoms with van der Waals surface area (Å²) in [5.74, 6) is 0.931. The number of hydrogen-bond acceptors (Lipinski definition) is 3. The van der Waals surface area contributed by atoms with E-state index in [2.05, 4.69) is 15.6 Å². The van der Waals surface area contributed by atoms with Crippen molar-refractivity contribution in [2.75, 3.05) is 7.11 Å². The van der Waals surface area contributed by atoms with Gasteiger partial charge in [0.1, 0.15) is 5.75 Å². The SMILES string of the molecule is COc1ccccc1CCn1cncc1[C@H](C)N. The topological polar surface area (TPSA) is 53.1 Å². The van der Waals surface area contributed by atoms with Crippen LogP contribution in [0.3, 0.4) is 0 Å². The molecular weight excluding hydrogens is 226 g/mol. The van der Waals surface area contributed by atoms with Gasteiger partial charge in [-0.1, -0.05) is 18.2 Å². The number of para-hydroxylation sites is 1. The van der Waals surface area contributed by atoms with Crippen LogP contribution in [0.2, 0.25) is 0 Å². The molecule has 1 atom stereocenters. The second-order valence-corrected chi connectivity index (χ2v) is 4.36. The van der Waals surface area contributed by atoms with Crippen LogP contribution in [-0.4, -0.2) is 16.7 Å². The molecule has 2 aromatic rings. The van der Waals surface area contributed by atoms with Crippen molar-refractivity contribution >= 4 is 0 Å². The molecule has 96 valence electrons. The molecule has 0 saturated carbocycles. The van der Waals surface area contributed by atoms with Crippen molar-refractivity contribution in [1.29, 1.82) is 0 Å². The maximum Gasteiger partial charge on any atom is 0.122 e. The van der Waals surface area contributed by atoms with Crippen LogP contribution in [0.4, 0.5) is 0 Å². The zero-order valence-corrected chi connectivity index (χ0v) is 10.8. The molecule has 0 unspecified atom stereocenters. The lowest BCUT2D eigenvalue weighted by Crippen LogP contribution is -2.13. The molecule has 4 nitrogen and oxygen atoms in total. The molecule has 1 aromatic heterocycles. The number of hydrogen-bond donors (Lipinski definition) is 1. The lowest BCUT2D eigenvalue weighted by atomic mass is 10.1. The van der Waals surface area contributed by atoms with Crippen LogP contribution in [0, 0.1) is 0 Å². The predicted molar refractivity (Wildman–Crippen MR) is 71.5 cm³/mol. The Hall–Kier alpha value is -1.81. The monoisotopic (exact) mass is 245 g/mol. The molecular formula is C14H19N3O. The lowest BCUT2D eigenvalue weighted by molar-refractivity contribution is 0.408. The van der Waals surface area contributed by atoms with Crippen LogP contribution in [0.1, 0.15) is 24.2 Å². The summed E-state index contributed by atoms with van der Waals surface area (Å²) in [6.07, 6.45) is 4.56. The van der Waals surface area contributed by atoms with Gasteiger partial charge in [0.2, 0.25) is 0 Å². The van der Waals surface area contributed by atoms with E-state index in [1.807, 2.05) is 37.6 Å². The Morgan fingerprint density at radius 1 is 1.39 bits per heavy atom. The van der Waals surface area contributed by atoms with Crippen LogP contribution in [0.25, 0.3) is 0 Å². The van der Waals surface area contributed by atoms with Gasteiger partial charge in [-0.25, -0.2) is 4.98 Å². The first-order valence-corrected chi connectivity index (χ1v) is 6.10. The van der Waals surface area contributed by atoms with E-state index >= 15 is 0 Å². The van der Waals surface area contributed by atoms with Crippen molar-refractivity contribution in [3.8, 4) is 5.75 Å². The molecule has 0 saturated heterocycles. The van der Waals surface area contributed by atoms with Gasteiger partial charge in [-0.2, -0.15) is 0 Å². The van der Waals surface area contributed by atoms with Gasteiger partial charge in [0.15, 0.2) is 0 Å². The molecule has 1 heterocycles. The molecule has 0 aliphatic rings. The van der Waals surface area contributed by atoms with Crippen LogP contribution < -0.4 is 10.5 Å². The molecule has 0 bridgehead atoms. The summed E-state index contributed by atoms with van der Waals surface area (Å²) in [5, 5.41) is 0. The highest BCUT2D eigenvalue weighted by Crippen LogP contribution is 2.19. The van der Waals surface area contributed by atoms with Gasteiger partial charge in [-0.15, -0.1) is 0 Å². The highest BCUT2D eigenvalue weighted by Gasteiger charge is 2.07. The molecule has 4 heteroatoms. The van der Waals surface area contributed by atoms with E-state index in [0.29, 0.717) is 0 Å². The normalized spacial score (nSPS) is 12.4. The van der Waals surface area contributed by atoms with Gasteiger partial charge in [0.25, 0.3) is 0 Å². The Morgan fingerprint density at radius 3 is 2.89 bits per heavy atom. The summed E-state index contributed by atoms with van der Waals surface area (Å²) < 4.78 is 7.44. The van der Waals surface area contributed by atoms with Crippen LogP contribution in [-0.2, 0) is 13.0 Å². The quantitative estimate of drug-likeness (QED) is 0.878. The van der Waals surface area contributed by atoms with E-state index in [9.17, 15) is 0 Å². The first kappa shape index (κ1) is 12.6. The van der Waals surface area contributed by atoms with E-state index < -0.39 is 0 Å². The summed E-state index contributed by atoms with van der Waals surface area (Å²) in [6.45, 7) is 2.83. The highest BCUT2D eigenvalue weighted by molar-refractivity contribution is 5.33. The molecule has 0 spiro atoms. The number of aryl methyl sites for hydroxylation is 2. The lowest BCUT2D eigenvalue weighted by Gasteiger charge is -2.12. The van der Waals surface area contributed by atoms with Gasteiger partial charge in [-0.05, 0) is 25.0 Å². The van der Waals surface area contributed by atoms with Crippen LogP contribution >= 0.6 is 0 Å². The molecule has 2 rings (SSSR count). The number of methoxy groups -OCH3 is 1. The number of nitrogens with zero attached hydrogens (tertiary/aromatic N) is 2. The average molecular weight is 245 g/mol. The smallest absolute Gasteiger partial charge is 0.122 e. The average Bonchev–Trinajstić information content (AvgIpc) is 2.85. The summed E-state index contributed by atoms with van der Waals surface area (Å²) in [6, 6.07) is 8.08. The van der Waals surface area contributed by atoms with Crippen LogP contribution in [0.15, 0.2) is 36.8 Å². The Bertz CT molecular complexity index is 505. The minimum Gasteiger partial charge on any atom is -0.496 e. The third-order valence-corrected chi connectivity index (χ3v) is 3.03. The fourth-order valence-electron chi connectivity index (χ4n) is 2.05. The van der Waals surface area contributed by atoms with E-state index in [1.165, 1.54) is 5.56 Å². The van der Waals surface area contributed by atoms with Crippen molar-refractivity contribution in [2.45, 2.75) is 25.9 Å². The summed E-state index contributed by atoms with van der Waals surface area (Å²) in [4.78, 5) is 4.15. The zero-order valence-electron chi connectivity index (χ0n) is 10.8. The number of rotatable bonds is 5. The maximum absolute atomic E-state index is 5.90. The zero-order chi connectivity index (χ0) is 13.0. The van der Waals surface area contributed by atoms with E-state index in [1.54, 1.807) is 7.11 Å². The number of imidazole rings is 1. The molecule has 0 fully saturated rings. The molecule has 0 amide bonds. The largest absolute Gasteiger partial charge is 0.496 e. The van der Waals surface area contributed by atoms with Crippen molar-refractivity contribution in [3.05, 3.63) is 48.0 Å². The second-order valence-electron chi connectivity index (χ2n) is 4.36. The first-order valence-electron chi connectivity index (χ1n) is 6.10. The van der Waals surface area contributed by atoms with Gasteiger partial charge >= 0.3 is 0 Å². The second kappa shape index (κ2) is 5.69. The van der Waals surface area contributed by atoms with Gasteiger partial charge in [-0.3, -0.25) is 0 Å². The number of nitrogens with two attached hydrogens (primary N) is 1.